The molecule has 1 aromatic rings. The Morgan fingerprint density at radius 2 is 2.08 bits per heavy atom. The SMILES string of the molecule is CC(C)(C)c1cc2c(cn1)N=CC2. The maximum Gasteiger partial charge on any atom is 0.0844 e. The van der Waals surface area contributed by atoms with Crippen LogP contribution in [0, 0.1) is 0 Å². The second-order valence-electron chi connectivity index (χ2n) is 4.46. The van der Waals surface area contributed by atoms with E-state index < -0.39 is 0 Å². The number of hydrogen-bond acceptors (Lipinski definition) is 2. The fraction of sp³-hybridized carbons (Fsp3) is 0.455. The first kappa shape index (κ1) is 8.42. The smallest absolute Gasteiger partial charge is 0.0844 e. The van der Waals surface area contributed by atoms with Gasteiger partial charge in [-0.1, -0.05) is 20.8 Å². The van der Waals surface area contributed by atoms with Crippen molar-refractivity contribution < 1.29 is 0 Å². The van der Waals surface area contributed by atoms with Crippen molar-refractivity contribution >= 4 is 11.9 Å². The van der Waals surface area contributed by atoms with Gasteiger partial charge >= 0.3 is 0 Å². The molecule has 2 heterocycles. The summed E-state index contributed by atoms with van der Waals surface area (Å²) in [4.78, 5) is 8.64. The highest BCUT2D eigenvalue weighted by Crippen LogP contribution is 2.28. The molecule has 0 unspecified atom stereocenters. The second kappa shape index (κ2) is 2.66. The van der Waals surface area contributed by atoms with Crippen LogP contribution in [0.15, 0.2) is 17.3 Å². The fourth-order valence-corrected chi connectivity index (χ4v) is 1.42. The summed E-state index contributed by atoms with van der Waals surface area (Å²) in [7, 11) is 0. The summed E-state index contributed by atoms with van der Waals surface area (Å²) in [6.45, 7) is 6.53. The third-order valence-electron chi connectivity index (χ3n) is 2.28. The van der Waals surface area contributed by atoms with Gasteiger partial charge in [0.1, 0.15) is 0 Å². The van der Waals surface area contributed by atoms with Gasteiger partial charge in [-0.05, 0) is 11.6 Å². The van der Waals surface area contributed by atoms with Crippen LogP contribution < -0.4 is 0 Å². The quantitative estimate of drug-likeness (QED) is 0.593. The van der Waals surface area contributed by atoms with E-state index in [1.807, 2.05) is 12.4 Å². The number of pyridine rings is 1. The van der Waals surface area contributed by atoms with Crippen LogP contribution in [0.2, 0.25) is 0 Å². The van der Waals surface area contributed by atoms with Gasteiger partial charge in [0.05, 0.1) is 11.9 Å². The number of nitrogens with zero attached hydrogens (tertiary/aromatic N) is 2. The molecule has 0 saturated carbocycles. The molecule has 2 heteroatoms. The first-order chi connectivity index (χ1) is 6.07. The van der Waals surface area contributed by atoms with Crippen molar-refractivity contribution in [2.24, 2.45) is 4.99 Å². The van der Waals surface area contributed by atoms with Gasteiger partial charge in [-0.2, -0.15) is 0 Å². The maximum atomic E-state index is 4.41. The van der Waals surface area contributed by atoms with Crippen LogP contribution in [-0.4, -0.2) is 11.2 Å². The lowest BCUT2D eigenvalue weighted by Crippen LogP contribution is -2.13. The standard InChI is InChI=1S/C11H14N2/c1-11(2,3)10-6-8-4-5-12-9(8)7-13-10/h5-7H,4H2,1-3H3. The second-order valence-corrected chi connectivity index (χ2v) is 4.46. The van der Waals surface area contributed by atoms with E-state index in [-0.39, 0.29) is 5.41 Å². The molecule has 0 radical (unpaired) electrons. The summed E-state index contributed by atoms with van der Waals surface area (Å²) in [6.07, 6.45) is 4.78. The molecule has 2 rings (SSSR count). The molecule has 0 aliphatic carbocycles. The Bertz CT molecular complexity index is 359. The predicted molar refractivity (Wildman–Crippen MR) is 54.8 cm³/mol. The Balaban J connectivity index is 2.45. The van der Waals surface area contributed by atoms with Crippen molar-refractivity contribution in [3.63, 3.8) is 0 Å². The zero-order chi connectivity index (χ0) is 9.47. The van der Waals surface area contributed by atoms with Gasteiger partial charge in [0.25, 0.3) is 0 Å². The zero-order valence-corrected chi connectivity index (χ0v) is 8.33. The minimum absolute atomic E-state index is 0.137. The summed E-state index contributed by atoms with van der Waals surface area (Å²) in [5.74, 6) is 0. The van der Waals surface area contributed by atoms with Crippen molar-refractivity contribution in [3.8, 4) is 0 Å². The summed E-state index contributed by atoms with van der Waals surface area (Å²) >= 11 is 0. The van der Waals surface area contributed by atoms with E-state index in [9.17, 15) is 0 Å². The average molecular weight is 174 g/mol. The molecule has 0 spiro atoms. The van der Waals surface area contributed by atoms with E-state index in [4.69, 9.17) is 0 Å². The minimum Gasteiger partial charge on any atom is -0.259 e. The van der Waals surface area contributed by atoms with Crippen LogP contribution in [0.25, 0.3) is 0 Å². The van der Waals surface area contributed by atoms with Gasteiger partial charge in [0, 0.05) is 23.7 Å². The van der Waals surface area contributed by atoms with E-state index in [1.165, 1.54) is 5.56 Å². The predicted octanol–water partition coefficient (Wildman–Crippen LogP) is 2.64. The highest BCUT2D eigenvalue weighted by atomic mass is 14.8. The molecule has 1 aliphatic heterocycles. The highest BCUT2D eigenvalue weighted by molar-refractivity contribution is 5.75. The molecule has 0 aromatic carbocycles. The molecule has 2 nitrogen and oxygen atoms in total. The Morgan fingerprint density at radius 1 is 1.31 bits per heavy atom. The van der Waals surface area contributed by atoms with Gasteiger partial charge in [0.2, 0.25) is 0 Å². The van der Waals surface area contributed by atoms with Crippen LogP contribution in [0.1, 0.15) is 32.0 Å². The summed E-state index contributed by atoms with van der Waals surface area (Å²) in [6, 6.07) is 2.17. The summed E-state index contributed by atoms with van der Waals surface area (Å²) in [5, 5.41) is 0. The van der Waals surface area contributed by atoms with Crippen molar-refractivity contribution in [3.05, 3.63) is 23.5 Å². The number of fused-ring (bicyclic) bond motifs is 1. The van der Waals surface area contributed by atoms with E-state index in [0.717, 1.165) is 17.8 Å². The average Bonchev–Trinajstić information content (AvgIpc) is 2.47. The van der Waals surface area contributed by atoms with Crippen LogP contribution >= 0.6 is 0 Å². The first-order valence-electron chi connectivity index (χ1n) is 4.59. The highest BCUT2D eigenvalue weighted by Gasteiger charge is 2.17. The molecule has 0 bridgehead atoms. The third kappa shape index (κ3) is 1.48. The Kier molecular flexibility index (Phi) is 1.72. The molecule has 0 N–H and O–H groups in total. The van der Waals surface area contributed by atoms with E-state index in [0.29, 0.717) is 0 Å². The third-order valence-corrected chi connectivity index (χ3v) is 2.28. The van der Waals surface area contributed by atoms with Gasteiger partial charge in [-0.3, -0.25) is 9.98 Å². The monoisotopic (exact) mass is 174 g/mol. The Hall–Kier alpha value is -1.18. The molecule has 0 fully saturated rings. The fourth-order valence-electron chi connectivity index (χ4n) is 1.42. The van der Waals surface area contributed by atoms with Crippen molar-refractivity contribution in [2.75, 3.05) is 0 Å². The maximum absolute atomic E-state index is 4.41. The van der Waals surface area contributed by atoms with Crippen LogP contribution in [0.5, 0.6) is 0 Å². The van der Waals surface area contributed by atoms with Gasteiger partial charge < -0.3 is 0 Å². The number of rotatable bonds is 0. The molecule has 0 amide bonds. The zero-order valence-electron chi connectivity index (χ0n) is 8.33. The lowest BCUT2D eigenvalue weighted by atomic mass is 9.90. The summed E-state index contributed by atoms with van der Waals surface area (Å²) in [5.41, 5.74) is 3.63. The number of hydrogen-bond donors (Lipinski definition) is 0. The van der Waals surface area contributed by atoms with Crippen molar-refractivity contribution in [2.45, 2.75) is 32.6 Å². The molecule has 0 atom stereocenters. The van der Waals surface area contributed by atoms with Crippen molar-refractivity contribution in [1.29, 1.82) is 0 Å². The molecule has 1 aromatic heterocycles. The first-order valence-corrected chi connectivity index (χ1v) is 4.59. The normalized spacial score (nSPS) is 14.7. The minimum atomic E-state index is 0.137. The van der Waals surface area contributed by atoms with E-state index in [1.54, 1.807) is 0 Å². The molecule has 0 saturated heterocycles. The molecular weight excluding hydrogens is 160 g/mol. The van der Waals surface area contributed by atoms with E-state index >= 15 is 0 Å². The topological polar surface area (TPSA) is 25.2 Å². The molecule has 68 valence electrons. The van der Waals surface area contributed by atoms with Gasteiger partial charge in [0.15, 0.2) is 0 Å². The molecule has 13 heavy (non-hydrogen) atoms. The van der Waals surface area contributed by atoms with E-state index in [2.05, 4.69) is 36.8 Å². The lowest BCUT2D eigenvalue weighted by Gasteiger charge is -2.17. The Labute approximate surface area is 78.7 Å². The van der Waals surface area contributed by atoms with Gasteiger partial charge in [-0.25, -0.2) is 0 Å². The summed E-state index contributed by atoms with van der Waals surface area (Å²) < 4.78 is 0. The van der Waals surface area contributed by atoms with Crippen LogP contribution in [-0.2, 0) is 11.8 Å². The molecular formula is C11H14N2. The van der Waals surface area contributed by atoms with Crippen molar-refractivity contribution in [1.82, 2.24) is 4.98 Å². The Morgan fingerprint density at radius 3 is 2.77 bits per heavy atom. The van der Waals surface area contributed by atoms with Gasteiger partial charge in [-0.15, -0.1) is 0 Å². The number of aliphatic imine (C=N–C) groups is 1. The lowest BCUT2D eigenvalue weighted by molar-refractivity contribution is 0.568. The van der Waals surface area contributed by atoms with Crippen LogP contribution in [0.3, 0.4) is 0 Å². The number of aromatic nitrogens is 1. The van der Waals surface area contributed by atoms with Crippen LogP contribution in [0.4, 0.5) is 5.69 Å². The molecule has 1 aliphatic rings. The largest absolute Gasteiger partial charge is 0.259 e.